The quantitative estimate of drug-likeness (QED) is 0.877. The Morgan fingerprint density at radius 3 is 2.95 bits per heavy atom. The fourth-order valence-electron chi connectivity index (χ4n) is 3.15. The molecule has 0 spiro atoms. The first kappa shape index (κ1) is 13.1. The van der Waals surface area contributed by atoms with Gasteiger partial charge in [0.05, 0.1) is 12.5 Å². The molecule has 2 saturated heterocycles. The maximum atomic E-state index is 12.3. The average Bonchev–Trinajstić information content (AvgIpc) is 3.01. The van der Waals surface area contributed by atoms with E-state index in [9.17, 15) is 9.59 Å². The number of H-pyrrole nitrogens is 1. The highest BCUT2D eigenvalue weighted by atomic mass is 16.2. The van der Waals surface area contributed by atoms with Crippen LogP contribution in [-0.4, -0.2) is 57.3 Å². The van der Waals surface area contributed by atoms with Gasteiger partial charge in [0.2, 0.25) is 5.91 Å². The highest BCUT2D eigenvalue weighted by Gasteiger charge is 2.32. The van der Waals surface area contributed by atoms with E-state index in [0.717, 1.165) is 38.8 Å². The van der Waals surface area contributed by atoms with Crippen molar-refractivity contribution in [3.63, 3.8) is 0 Å². The van der Waals surface area contributed by atoms with E-state index in [0.29, 0.717) is 18.7 Å². The van der Waals surface area contributed by atoms with Gasteiger partial charge in [0.15, 0.2) is 0 Å². The Hall–Kier alpha value is -1.85. The Kier molecular flexibility index (Phi) is 3.71. The van der Waals surface area contributed by atoms with Gasteiger partial charge in [-0.25, -0.2) is 4.98 Å². The topological polar surface area (TPSA) is 69.3 Å². The van der Waals surface area contributed by atoms with Gasteiger partial charge < -0.3 is 14.8 Å². The van der Waals surface area contributed by atoms with Crippen LogP contribution in [0, 0.1) is 0 Å². The number of hydrogen-bond donors (Lipinski definition) is 1. The van der Waals surface area contributed by atoms with Crippen LogP contribution in [0.5, 0.6) is 0 Å². The maximum absolute atomic E-state index is 12.3. The number of amides is 2. The number of rotatable bonds is 2. The van der Waals surface area contributed by atoms with Gasteiger partial charge in [0.1, 0.15) is 5.69 Å². The summed E-state index contributed by atoms with van der Waals surface area (Å²) in [5.74, 6) is 0.230. The molecule has 0 saturated carbocycles. The number of carbonyl (C=O) groups is 2. The van der Waals surface area contributed by atoms with Gasteiger partial charge in [-0.15, -0.1) is 0 Å². The van der Waals surface area contributed by atoms with Crippen LogP contribution in [0.2, 0.25) is 0 Å². The van der Waals surface area contributed by atoms with E-state index in [-0.39, 0.29) is 17.9 Å². The van der Waals surface area contributed by atoms with Crippen LogP contribution in [-0.2, 0) is 4.79 Å². The number of aromatic nitrogens is 2. The van der Waals surface area contributed by atoms with E-state index < -0.39 is 0 Å². The van der Waals surface area contributed by atoms with Gasteiger partial charge >= 0.3 is 0 Å². The van der Waals surface area contributed by atoms with Gasteiger partial charge in [0, 0.05) is 32.1 Å². The lowest BCUT2D eigenvalue weighted by Crippen LogP contribution is -2.53. The lowest BCUT2D eigenvalue weighted by Gasteiger charge is -2.40. The van der Waals surface area contributed by atoms with E-state index in [2.05, 4.69) is 9.97 Å². The van der Waals surface area contributed by atoms with Crippen LogP contribution in [0.25, 0.3) is 0 Å². The summed E-state index contributed by atoms with van der Waals surface area (Å²) in [5.41, 5.74) is 0.524. The first-order valence-electron chi connectivity index (χ1n) is 7.33. The third kappa shape index (κ3) is 2.55. The lowest BCUT2D eigenvalue weighted by atomic mass is 10.00. The van der Waals surface area contributed by atoms with Crippen LogP contribution >= 0.6 is 0 Å². The molecular weight excluding hydrogens is 256 g/mol. The Morgan fingerprint density at radius 1 is 1.30 bits per heavy atom. The van der Waals surface area contributed by atoms with Crippen molar-refractivity contribution in [1.82, 2.24) is 19.8 Å². The molecule has 0 bridgehead atoms. The largest absolute Gasteiger partial charge is 0.341 e. The Balaban J connectivity index is 1.67. The second-order valence-electron chi connectivity index (χ2n) is 5.56. The minimum absolute atomic E-state index is 0.0170. The van der Waals surface area contributed by atoms with Crippen molar-refractivity contribution in [2.75, 3.05) is 19.6 Å². The minimum Gasteiger partial charge on any atom is -0.341 e. The molecule has 20 heavy (non-hydrogen) atoms. The smallest absolute Gasteiger partial charge is 0.271 e. The number of aromatic amines is 1. The Bertz CT molecular complexity index is 485. The highest BCUT2D eigenvalue weighted by Crippen LogP contribution is 2.21. The van der Waals surface area contributed by atoms with E-state index in [1.54, 1.807) is 6.20 Å². The van der Waals surface area contributed by atoms with Crippen molar-refractivity contribution in [3.8, 4) is 0 Å². The molecule has 6 heteroatoms. The predicted octanol–water partition coefficient (Wildman–Crippen LogP) is 1.03. The van der Waals surface area contributed by atoms with Crippen LogP contribution in [0.3, 0.4) is 0 Å². The molecule has 2 fully saturated rings. The van der Waals surface area contributed by atoms with Gasteiger partial charge in [-0.2, -0.15) is 0 Å². The molecule has 1 aromatic rings. The van der Waals surface area contributed by atoms with E-state index in [1.165, 1.54) is 6.33 Å². The number of carbonyl (C=O) groups excluding carboxylic acids is 2. The Morgan fingerprint density at radius 2 is 2.20 bits per heavy atom. The normalized spacial score (nSPS) is 24.0. The first-order chi connectivity index (χ1) is 9.75. The molecular formula is C14H20N4O2. The standard InChI is InChI=1S/C14H20N4O2/c19-13-5-1-2-7-18(13)11-4-3-6-17(9-11)14(20)12-8-15-10-16-12/h8,10-11H,1-7,9H2,(H,15,16). The molecule has 0 aromatic carbocycles. The van der Waals surface area contributed by atoms with Crippen LogP contribution in [0.1, 0.15) is 42.6 Å². The number of imidazole rings is 1. The third-order valence-corrected chi connectivity index (χ3v) is 4.21. The molecule has 1 aromatic heterocycles. The predicted molar refractivity (Wildman–Crippen MR) is 73.1 cm³/mol. The van der Waals surface area contributed by atoms with Crippen molar-refractivity contribution in [2.24, 2.45) is 0 Å². The Labute approximate surface area is 118 Å². The summed E-state index contributed by atoms with van der Waals surface area (Å²) in [6, 6.07) is 0.184. The summed E-state index contributed by atoms with van der Waals surface area (Å²) in [7, 11) is 0. The third-order valence-electron chi connectivity index (χ3n) is 4.21. The maximum Gasteiger partial charge on any atom is 0.271 e. The second-order valence-corrected chi connectivity index (χ2v) is 5.56. The zero-order chi connectivity index (χ0) is 13.9. The number of hydrogen-bond acceptors (Lipinski definition) is 3. The minimum atomic E-state index is -0.0170. The summed E-state index contributed by atoms with van der Waals surface area (Å²) in [6.07, 6.45) is 7.76. The molecule has 3 heterocycles. The van der Waals surface area contributed by atoms with Crippen LogP contribution < -0.4 is 0 Å². The fourth-order valence-corrected chi connectivity index (χ4v) is 3.15. The number of likely N-dealkylation sites (tertiary alicyclic amines) is 2. The highest BCUT2D eigenvalue weighted by molar-refractivity contribution is 5.92. The SMILES string of the molecule is O=C(c1cnc[nH]1)N1CCCC(N2CCCCC2=O)C1. The van der Waals surface area contributed by atoms with Gasteiger partial charge in [0.25, 0.3) is 5.91 Å². The number of nitrogens with one attached hydrogen (secondary N) is 1. The summed E-state index contributed by atoms with van der Waals surface area (Å²) in [4.78, 5) is 34.9. The molecule has 2 aliphatic heterocycles. The molecule has 0 radical (unpaired) electrons. The van der Waals surface area contributed by atoms with Gasteiger partial charge in [-0.3, -0.25) is 9.59 Å². The van der Waals surface area contributed by atoms with Crippen molar-refractivity contribution < 1.29 is 9.59 Å². The van der Waals surface area contributed by atoms with Gasteiger partial charge in [-0.1, -0.05) is 0 Å². The summed E-state index contributed by atoms with van der Waals surface area (Å²) < 4.78 is 0. The molecule has 2 aliphatic rings. The molecule has 3 rings (SSSR count). The van der Waals surface area contributed by atoms with E-state index in [4.69, 9.17) is 0 Å². The van der Waals surface area contributed by atoms with Crippen molar-refractivity contribution >= 4 is 11.8 Å². The molecule has 1 N–H and O–H groups in total. The number of nitrogens with zero attached hydrogens (tertiary/aromatic N) is 3. The van der Waals surface area contributed by atoms with E-state index in [1.807, 2.05) is 9.80 Å². The van der Waals surface area contributed by atoms with Crippen LogP contribution in [0.15, 0.2) is 12.5 Å². The first-order valence-corrected chi connectivity index (χ1v) is 7.33. The van der Waals surface area contributed by atoms with Crippen LogP contribution in [0.4, 0.5) is 0 Å². The average molecular weight is 276 g/mol. The molecule has 1 unspecified atom stereocenters. The number of piperidine rings is 2. The molecule has 1 atom stereocenters. The zero-order valence-electron chi connectivity index (χ0n) is 11.5. The fraction of sp³-hybridized carbons (Fsp3) is 0.643. The second kappa shape index (κ2) is 5.64. The summed E-state index contributed by atoms with van der Waals surface area (Å²) >= 11 is 0. The monoisotopic (exact) mass is 276 g/mol. The zero-order valence-corrected chi connectivity index (χ0v) is 11.5. The van der Waals surface area contributed by atoms with Gasteiger partial charge in [-0.05, 0) is 25.7 Å². The summed E-state index contributed by atoms with van der Waals surface area (Å²) in [5, 5.41) is 0. The van der Waals surface area contributed by atoms with Crippen molar-refractivity contribution in [1.29, 1.82) is 0 Å². The molecule has 6 nitrogen and oxygen atoms in total. The molecule has 2 amide bonds. The molecule has 0 aliphatic carbocycles. The van der Waals surface area contributed by atoms with Crippen molar-refractivity contribution in [2.45, 2.75) is 38.1 Å². The summed E-state index contributed by atoms with van der Waals surface area (Å²) in [6.45, 7) is 2.25. The lowest BCUT2D eigenvalue weighted by molar-refractivity contribution is -0.136. The van der Waals surface area contributed by atoms with E-state index >= 15 is 0 Å². The van der Waals surface area contributed by atoms with Crippen molar-refractivity contribution in [3.05, 3.63) is 18.2 Å². The molecule has 108 valence electrons.